The number of carbonyl (C=O) groups is 2. The number of carboxylic acids is 1. The van der Waals surface area contributed by atoms with E-state index in [-0.39, 0.29) is 5.92 Å². The molecule has 0 fully saturated rings. The highest BCUT2D eigenvalue weighted by Gasteiger charge is 2.30. The van der Waals surface area contributed by atoms with Crippen LogP contribution >= 0.6 is 23.2 Å². The smallest absolute Gasteiger partial charge is 0.316 e. The molecule has 0 aliphatic rings. The molecule has 0 saturated heterocycles. The molecule has 1 aromatic rings. The molecule has 0 radical (unpaired) electrons. The van der Waals surface area contributed by atoms with Gasteiger partial charge in [0.1, 0.15) is 5.92 Å². The van der Waals surface area contributed by atoms with Crippen molar-refractivity contribution in [1.82, 2.24) is 0 Å². The van der Waals surface area contributed by atoms with Crippen LogP contribution in [0.1, 0.15) is 20.3 Å². The lowest BCUT2D eigenvalue weighted by Crippen LogP contribution is -2.37. The molecule has 1 atom stereocenters. The van der Waals surface area contributed by atoms with E-state index in [9.17, 15) is 14.7 Å². The summed E-state index contributed by atoms with van der Waals surface area (Å²) in [5.74, 6) is -2.53. The van der Waals surface area contributed by atoms with Crippen LogP contribution in [0, 0.1) is 11.8 Å². The highest BCUT2D eigenvalue weighted by molar-refractivity contribution is 6.42. The molecular weight excluding hydrogens is 301 g/mol. The Bertz CT molecular complexity index is 517. The predicted octanol–water partition coefficient (Wildman–Crippen LogP) is 3.70. The van der Waals surface area contributed by atoms with E-state index >= 15 is 0 Å². The quantitative estimate of drug-likeness (QED) is 0.842. The van der Waals surface area contributed by atoms with Crippen LogP contribution in [0.3, 0.4) is 0 Å². The Balaban J connectivity index is 2.98. The monoisotopic (exact) mass is 317 g/mol. The van der Waals surface area contributed by atoms with Gasteiger partial charge in [0.2, 0.25) is 5.91 Å². The number of benzene rings is 1. The Morgan fingerprint density at radius 1 is 1.25 bits per heavy atom. The first kappa shape index (κ1) is 16.8. The number of halogens is 2. The number of hydrogen-bond acceptors (Lipinski definition) is 2. The van der Waals surface area contributed by atoms with Crippen molar-refractivity contribution in [3.05, 3.63) is 28.2 Å². The largest absolute Gasteiger partial charge is 0.481 e. The molecule has 6 heteroatoms. The molecule has 0 bridgehead atoms. The third-order valence-electron chi connectivity index (χ3n) is 2.92. The molecule has 0 aromatic heterocycles. The summed E-state index contributed by atoms with van der Waals surface area (Å²) in [6.07, 6.45) is 0.291. The van der Waals surface area contributed by atoms with E-state index in [1.54, 1.807) is 12.1 Å². The summed E-state index contributed by atoms with van der Waals surface area (Å²) in [5.41, 5.74) is 0.513. The topological polar surface area (TPSA) is 57.6 Å². The second kappa shape index (κ2) is 6.95. The number of carboxylic acid groups (broad SMARTS) is 1. The fraction of sp³-hybridized carbons (Fsp3) is 0.429. The van der Waals surface area contributed by atoms with E-state index in [1.807, 2.05) is 13.8 Å². The van der Waals surface area contributed by atoms with Gasteiger partial charge >= 0.3 is 5.97 Å². The molecule has 0 heterocycles. The lowest BCUT2D eigenvalue weighted by molar-refractivity contribution is -0.146. The highest BCUT2D eigenvalue weighted by Crippen LogP contribution is 2.28. The molecule has 1 aromatic carbocycles. The molecule has 4 nitrogen and oxygen atoms in total. The summed E-state index contributed by atoms with van der Waals surface area (Å²) < 4.78 is 0. The zero-order valence-electron chi connectivity index (χ0n) is 11.6. The number of aliphatic carboxylic acids is 1. The van der Waals surface area contributed by atoms with Crippen molar-refractivity contribution in [3.8, 4) is 0 Å². The maximum absolute atomic E-state index is 12.3. The van der Waals surface area contributed by atoms with Gasteiger partial charge < -0.3 is 10.0 Å². The van der Waals surface area contributed by atoms with Crippen molar-refractivity contribution in [2.75, 3.05) is 11.9 Å². The van der Waals surface area contributed by atoms with Gasteiger partial charge in [-0.15, -0.1) is 0 Å². The second-order valence-electron chi connectivity index (χ2n) is 5.02. The fourth-order valence-corrected chi connectivity index (χ4v) is 2.13. The predicted molar refractivity (Wildman–Crippen MR) is 80.5 cm³/mol. The molecule has 1 rings (SSSR count). The number of hydrogen-bond donors (Lipinski definition) is 1. The summed E-state index contributed by atoms with van der Waals surface area (Å²) in [6.45, 7) is 3.75. The Labute approximate surface area is 128 Å². The molecule has 0 spiro atoms. The van der Waals surface area contributed by atoms with Crippen molar-refractivity contribution in [2.45, 2.75) is 20.3 Å². The van der Waals surface area contributed by atoms with Crippen molar-refractivity contribution in [1.29, 1.82) is 0 Å². The van der Waals surface area contributed by atoms with E-state index in [0.717, 1.165) is 0 Å². The average Bonchev–Trinajstić information content (AvgIpc) is 2.37. The van der Waals surface area contributed by atoms with Gasteiger partial charge in [-0.3, -0.25) is 9.59 Å². The summed E-state index contributed by atoms with van der Waals surface area (Å²) >= 11 is 11.7. The number of nitrogens with zero attached hydrogens (tertiary/aromatic N) is 1. The Hall–Kier alpha value is -1.26. The lowest BCUT2D eigenvalue weighted by atomic mass is 9.96. The van der Waals surface area contributed by atoms with Crippen LogP contribution in [0.25, 0.3) is 0 Å². The molecule has 1 amide bonds. The van der Waals surface area contributed by atoms with Gasteiger partial charge in [-0.05, 0) is 30.5 Å². The molecule has 20 heavy (non-hydrogen) atoms. The minimum atomic E-state index is -1.12. The van der Waals surface area contributed by atoms with E-state index in [0.29, 0.717) is 22.2 Å². The molecule has 0 aliphatic carbocycles. The Morgan fingerprint density at radius 2 is 1.85 bits per heavy atom. The summed E-state index contributed by atoms with van der Waals surface area (Å²) in [7, 11) is 1.53. The van der Waals surface area contributed by atoms with Crippen molar-refractivity contribution >= 4 is 40.8 Å². The van der Waals surface area contributed by atoms with Crippen molar-refractivity contribution < 1.29 is 14.7 Å². The number of anilines is 1. The van der Waals surface area contributed by atoms with Crippen molar-refractivity contribution in [3.63, 3.8) is 0 Å². The van der Waals surface area contributed by atoms with Crippen LogP contribution in [0.2, 0.25) is 10.0 Å². The van der Waals surface area contributed by atoms with E-state index in [1.165, 1.54) is 18.0 Å². The Morgan fingerprint density at radius 3 is 2.30 bits per heavy atom. The van der Waals surface area contributed by atoms with Gasteiger partial charge in [0, 0.05) is 12.7 Å². The minimum Gasteiger partial charge on any atom is -0.481 e. The van der Waals surface area contributed by atoms with Crippen LogP contribution in [0.5, 0.6) is 0 Å². The fourth-order valence-electron chi connectivity index (χ4n) is 1.83. The van der Waals surface area contributed by atoms with E-state index in [2.05, 4.69) is 0 Å². The zero-order chi connectivity index (χ0) is 15.4. The van der Waals surface area contributed by atoms with Gasteiger partial charge in [-0.1, -0.05) is 37.0 Å². The first-order chi connectivity index (χ1) is 9.23. The number of amides is 1. The van der Waals surface area contributed by atoms with Gasteiger partial charge in [-0.2, -0.15) is 0 Å². The average molecular weight is 318 g/mol. The van der Waals surface area contributed by atoms with Crippen LogP contribution in [-0.2, 0) is 9.59 Å². The second-order valence-corrected chi connectivity index (χ2v) is 5.83. The molecular formula is C14H17Cl2NO3. The zero-order valence-corrected chi connectivity index (χ0v) is 13.1. The van der Waals surface area contributed by atoms with E-state index < -0.39 is 17.8 Å². The first-order valence-electron chi connectivity index (χ1n) is 6.19. The summed E-state index contributed by atoms with van der Waals surface area (Å²) in [4.78, 5) is 24.8. The SMILES string of the molecule is CC(C)CC(C(=O)O)C(=O)N(C)c1ccc(Cl)c(Cl)c1. The highest BCUT2D eigenvalue weighted by atomic mass is 35.5. The third kappa shape index (κ3) is 4.12. The molecule has 1 N–H and O–H groups in total. The van der Waals surface area contributed by atoms with Gasteiger partial charge in [0.15, 0.2) is 0 Å². The standard InChI is InChI=1S/C14H17Cl2NO3/c1-8(2)6-10(14(19)20)13(18)17(3)9-4-5-11(15)12(16)7-9/h4-5,7-8,10H,6H2,1-3H3,(H,19,20). The lowest BCUT2D eigenvalue weighted by Gasteiger charge is -2.23. The molecule has 0 saturated carbocycles. The normalized spacial score (nSPS) is 12.3. The van der Waals surface area contributed by atoms with Crippen LogP contribution in [0.15, 0.2) is 18.2 Å². The molecule has 110 valence electrons. The van der Waals surface area contributed by atoms with Gasteiger partial charge in [0.05, 0.1) is 10.0 Å². The van der Waals surface area contributed by atoms with Gasteiger partial charge in [-0.25, -0.2) is 0 Å². The maximum Gasteiger partial charge on any atom is 0.316 e. The third-order valence-corrected chi connectivity index (χ3v) is 3.66. The first-order valence-corrected chi connectivity index (χ1v) is 6.95. The van der Waals surface area contributed by atoms with Crippen LogP contribution in [0.4, 0.5) is 5.69 Å². The summed E-state index contributed by atoms with van der Waals surface area (Å²) in [5, 5.41) is 9.89. The Kier molecular flexibility index (Phi) is 5.84. The van der Waals surface area contributed by atoms with Crippen LogP contribution in [-0.4, -0.2) is 24.0 Å². The van der Waals surface area contributed by atoms with Crippen molar-refractivity contribution in [2.24, 2.45) is 11.8 Å². The molecule has 1 unspecified atom stereocenters. The minimum absolute atomic E-state index is 0.113. The maximum atomic E-state index is 12.3. The van der Waals surface area contributed by atoms with Gasteiger partial charge in [0.25, 0.3) is 0 Å². The summed E-state index contributed by atoms with van der Waals surface area (Å²) in [6, 6.07) is 4.73. The molecule has 0 aliphatic heterocycles. The van der Waals surface area contributed by atoms with E-state index in [4.69, 9.17) is 23.2 Å². The van der Waals surface area contributed by atoms with Crippen LogP contribution < -0.4 is 4.90 Å². The number of rotatable bonds is 5. The number of carbonyl (C=O) groups excluding carboxylic acids is 1.